The third kappa shape index (κ3) is 2.00. The molecule has 1 rings (SSSR count). The minimum absolute atomic E-state index is 0.181. The van der Waals surface area contributed by atoms with Crippen molar-refractivity contribution < 1.29 is 4.74 Å². The maximum absolute atomic E-state index is 8.41. The van der Waals surface area contributed by atoms with Gasteiger partial charge in [0, 0.05) is 6.54 Å². The van der Waals surface area contributed by atoms with Crippen molar-refractivity contribution in [1.82, 2.24) is 5.32 Å². The van der Waals surface area contributed by atoms with Gasteiger partial charge in [-0.25, -0.2) is 0 Å². The fourth-order valence-corrected chi connectivity index (χ4v) is 0.817. The van der Waals surface area contributed by atoms with E-state index >= 15 is 0 Å². The highest BCUT2D eigenvalue weighted by Gasteiger charge is 2.09. The molecule has 0 spiro atoms. The Morgan fingerprint density at radius 1 is 1.56 bits per heavy atom. The molecule has 1 fully saturated rings. The Labute approximate surface area is 54.6 Å². The van der Waals surface area contributed by atoms with E-state index in [1.165, 1.54) is 0 Å². The summed E-state index contributed by atoms with van der Waals surface area (Å²) in [6, 6.07) is 2.08. The Hall–Kier alpha value is -0.590. The highest BCUT2D eigenvalue weighted by atomic mass is 16.5. The molecule has 1 N–H and O–H groups in total. The molecular formula is C6H10N2O. The first kappa shape index (κ1) is 6.53. The van der Waals surface area contributed by atoms with E-state index in [2.05, 4.69) is 11.4 Å². The van der Waals surface area contributed by atoms with Crippen LogP contribution in [0.25, 0.3) is 0 Å². The first-order valence-corrected chi connectivity index (χ1v) is 3.15. The van der Waals surface area contributed by atoms with Crippen LogP contribution in [0.3, 0.4) is 0 Å². The van der Waals surface area contributed by atoms with Crippen molar-refractivity contribution in [1.29, 1.82) is 5.26 Å². The number of rotatable bonds is 0. The molecule has 3 heteroatoms. The summed E-state index contributed by atoms with van der Waals surface area (Å²) in [7, 11) is 0. The van der Waals surface area contributed by atoms with Crippen molar-refractivity contribution in [2.24, 2.45) is 0 Å². The zero-order valence-corrected chi connectivity index (χ0v) is 5.26. The van der Waals surface area contributed by atoms with Crippen molar-refractivity contribution >= 4 is 0 Å². The maximum Gasteiger partial charge on any atom is 0.145 e. The normalized spacial score (nSPS) is 28.6. The van der Waals surface area contributed by atoms with Crippen molar-refractivity contribution in [3.63, 3.8) is 0 Å². The van der Waals surface area contributed by atoms with Gasteiger partial charge in [-0.2, -0.15) is 5.26 Å². The van der Waals surface area contributed by atoms with Crippen LogP contribution in [0.5, 0.6) is 0 Å². The summed E-state index contributed by atoms with van der Waals surface area (Å²) in [5, 5.41) is 11.5. The number of nitrogens with one attached hydrogen (secondary N) is 1. The third-order valence-electron chi connectivity index (χ3n) is 1.33. The molecular weight excluding hydrogens is 116 g/mol. The van der Waals surface area contributed by atoms with E-state index in [1.807, 2.05) is 0 Å². The second kappa shape index (κ2) is 3.44. The molecule has 1 heterocycles. The zero-order valence-electron chi connectivity index (χ0n) is 5.26. The molecule has 1 aliphatic heterocycles. The average Bonchev–Trinajstić information content (AvgIpc) is 2.13. The lowest BCUT2D eigenvalue weighted by molar-refractivity contribution is 0.103. The van der Waals surface area contributed by atoms with E-state index in [4.69, 9.17) is 10.00 Å². The molecule has 3 nitrogen and oxygen atoms in total. The average molecular weight is 126 g/mol. The molecule has 1 aliphatic rings. The molecule has 50 valence electrons. The highest BCUT2D eigenvalue weighted by Crippen LogP contribution is 1.97. The second-order valence-electron chi connectivity index (χ2n) is 2.03. The first-order valence-electron chi connectivity index (χ1n) is 3.15. The summed E-state index contributed by atoms with van der Waals surface area (Å²) in [4.78, 5) is 0. The molecule has 0 amide bonds. The molecule has 0 aromatic heterocycles. The summed E-state index contributed by atoms with van der Waals surface area (Å²) in [6.07, 6.45) is 0.635. The number of nitrogens with zero attached hydrogens (tertiary/aromatic N) is 1. The Kier molecular flexibility index (Phi) is 2.49. The van der Waals surface area contributed by atoms with E-state index < -0.39 is 0 Å². The summed E-state index contributed by atoms with van der Waals surface area (Å²) in [5.41, 5.74) is 0. The Morgan fingerprint density at radius 3 is 3.22 bits per heavy atom. The highest BCUT2D eigenvalue weighted by molar-refractivity contribution is 4.85. The van der Waals surface area contributed by atoms with E-state index in [0.717, 1.165) is 19.5 Å². The first-order chi connectivity index (χ1) is 4.43. The lowest BCUT2D eigenvalue weighted by Gasteiger charge is -2.01. The van der Waals surface area contributed by atoms with E-state index in [9.17, 15) is 0 Å². The van der Waals surface area contributed by atoms with Crippen molar-refractivity contribution in [2.45, 2.75) is 12.5 Å². The van der Waals surface area contributed by atoms with Crippen LogP contribution in [-0.4, -0.2) is 25.8 Å². The van der Waals surface area contributed by atoms with Crippen LogP contribution >= 0.6 is 0 Å². The van der Waals surface area contributed by atoms with Crippen LogP contribution in [-0.2, 0) is 4.74 Å². The lowest BCUT2D eigenvalue weighted by atomic mass is 10.3. The van der Waals surface area contributed by atoms with Gasteiger partial charge in [0.05, 0.1) is 12.7 Å². The zero-order chi connectivity index (χ0) is 6.53. The smallest absolute Gasteiger partial charge is 0.145 e. The van der Waals surface area contributed by atoms with Crippen molar-refractivity contribution in [2.75, 3.05) is 19.7 Å². The molecule has 0 aromatic carbocycles. The van der Waals surface area contributed by atoms with Crippen LogP contribution < -0.4 is 5.32 Å². The quantitative estimate of drug-likeness (QED) is 0.492. The minimum Gasteiger partial charge on any atom is -0.362 e. The van der Waals surface area contributed by atoms with Crippen molar-refractivity contribution in [3.05, 3.63) is 0 Å². The number of nitriles is 1. The van der Waals surface area contributed by atoms with Gasteiger partial charge in [0.2, 0.25) is 0 Å². The van der Waals surface area contributed by atoms with Gasteiger partial charge in [0.15, 0.2) is 0 Å². The van der Waals surface area contributed by atoms with Gasteiger partial charge in [0.25, 0.3) is 0 Å². The predicted molar refractivity (Wildman–Crippen MR) is 32.8 cm³/mol. The molecule has 9 heavy (non-hydrogen) atoms. The largest absolute Gasteiger partial charge is 0.362 e. The van der Waals surface area contributed by atoms with E-state index in [0.29, 0.717) is 6.61 Å². The van der Waals surface area contributed by atoms with Gasteiger partial charge in [-0.1, -0.05) is 0 Å². The van der Waals surface area contributed by atoms with Gasteiger partial charge < -0.3 is 10.1 Å². The predicted octanol–water partition coefficient (Wildman–Crippen LogP) is -0.112. The third-order valence-corrected chi connectivity index (χ3v) is 1.33. The minimum atomic E-state index is -0.181. The van der Waals surface area contributed by atoms with Gasteiger partial charge in [-0.15, -0.1) is 0 Å². The Bertz CT molecular complexity index is 111. The van der Waals surface area contributed by atoms with Gasteiger partial charge >= 0.3 is 0 Å². The lowest BCUT2D eigenvalue weighted by Crippen LogP contribution is -2.16. The second-order valence-corrected chi connectivity index (χ2v) is 2.03. The molecule has 0 aliphatic carbocycles. The topological polar surface area (TPSA) is 45.0 Å². The Balaban J connectivity index is 2.29. The monoisotopic (exact) mass is 126 g/mol. The van der Waals surface area contributed by atoms with Crippen LogP contribution in [0.4, 0.5) is 0 Å². The molecule has 0 bridgehead atoms. The van der Waals surface area contributed by atoms with Crippen molar-refractivity contribution in [3.8, 4) is 6.07 Å². The SMILES string of the molecule is N#CC1CCNCCO1. The summed E-state index contributed by atoms with van der Waals surface area (Å²) < 4.78 is 5.13. The maximum atomic E-state index is 8.41. The summed E-state index contributed by atoms with van der Waals surface area (Å²) in [5.74, 6) is 0. The van der Waals surface area contributed by atoms with E-state index in [-0.39, 0.29) is 6.10 Å². The number of hydrogen-bond donors (Lipinski definition) is 1. The molecule has 1 unspecified atom stereocenters. The van der Waals surface area contributed by atoms with E-state index in [1.54, 1.807) is 0 Å². The standard InChI is InChI=1S/C6H10N2O/c7-5-6-1-2-8-3-4-9-6/h6,8H,1-4H2. The molecule has 1 saturated heterocycles. The molecule has 0 saturated carbocycles. The molecule has 0 radical (unpaired) electrons. The van der Waals surface area contributed by atoms with Crippen LogP contribution in [0.1, 0.15) is 6.42 Å². The number of hydrogen-bond acceptors (Lipinski definition) is 3. The molecule has 1 atom stereocenters. The van der Waals surface area contributed by atoms with Gasteiger partial charge in [0.1, 0.15) is 6.10 Å². The summed E-state index contributed by atoms with van der Waals surface area (Å²) >= 11 is 0. The van der Waals surface area contributed by atoms with Gasteiger partial charge in [-0.3, -0.25) is 0 Å². The van der Waals surface area contributed by atoms with Crippen LogP contribution in [0.15, 0.2) is 0 Å². The van der Waals surface area contributed by atoms with Crippen LogP contribution in [0, 0.1) is 11.3 Å². The fourth-order valence-electron chi connectivity index (χ4n) is 0.817. The fraction of sp³-hybridized carbons (Fsp3) is 0.833. The Morgan fingerprint density at radius 2 is 2.44 bits per heavy atom. The number of ether oxygens (including phenoxy) is 1. The van der Waals surface area contributed by atoms with Gasteiger partial charge in [-0.05, 0) is 13.0 Å². The molecule has 0 aromatic rings. The summed E-state index contributed by atoms with van der Waals surface area (Å²) in [6.45, 7) is 2.44. The van der Waals surface area contributed by atoms with Crippen LogP contribution in [0.2, 0.25) is 0 Å².